The van der Waals surface area contributed by atoms with Crippen LogP contribution in [-0.4, -0.2) is 42.0 Å². The first-order valence-corrected chi connectivity index (χ1v) is 6.16. The van der Waals surface area contributed by atoms with Crippen molar-refractivity contribution in [1.29, 1.82) is 0 Å². The van der Waals surface area contributed by atoms with E-state index in [4.69, 9.17) is 4.74 Å². The van der Waals surface area contributed by atoms with Crippen LogP contribution in [0.15, 0.2) is 12.4 Å². The summed E-state index contributed by atoms with van der Waals surface area (Å²) in [5.41, 5.74) is 0.723. The van der Waals surface area contributed by atoms with E-state index in [1.807, 2.05) is 0 Å². The van der Waals surface area contributed by atoms with Crippen LogP contribution in [0.4, 0.5) is 5.69 Å². The van der Waals surface area contributed by atoms with E-state index >= 15 is 0 Å². The second-order valence-corrected chi connectivity index (χ2v) is 4.39. The topological polar surface area (TPSA) is 68.2 Å². The summed E-state index contributed by atoms with van der Waals surface area (Å²) < 4.78 is 6.70. The van der Waals surface area contributed by atoms with Crippen LogP contribution >= 0.6 is 0 Å². The van der Waals surface area contributed by atoms with Crippen LogP contribution < -0.4 is 10.6 Å². The molecule has 1 heterocycles. The molecule has 0 aliphatic heterocycles. The van der Waals surface area contributed by atoms with E-state index < -0.39 is 0 Å². The number of carbonyl (C=O) groups is 1. The molecule has 6 nitrogen and oxygen atoms in total. The van der Waals surface area contributed by atoms with Gasteiger partial charge in [0.25, 0.3) is 0 Å². The Morgan fingerprint density at radius 3 is 3.00 bits per heavy atom. The molecule has 6 heteroatoms. The van der Waals surface area contributed by atoms with Gasteiger partial charge in [0.05, 0.1) is 25.0 Å². The van der Waals surface area contributed by atoms with Gasteiger partial charge in [0, 0.05) is 32.3 Å². The van der Waals surface area contributed by atoms with E-state index in [0.717, 1.165) is 5.69 Å². The van der Waals surface area contributed by atoms with Gasteiger partial charge in [-0.05, 0) is 0 Å². The van der Waals surface area contributed by atoms with Crippen LogP contribution in [0.25, 0.3) is 0 Å². The fourth-order valence-corrected chi connectivity index (χ4v) is 1.43. The number of rotatable bonds is 8. The number of anilines is 1. The summed E-state index contributed by atoms with van der Waals surface area (Å²) in [6, 6.07) is 0.398. The van der Waals surface area contributed by atoms with Gasteiger partial charge in [-0.1, -0.05) is 13.8 Å². The van der Waals surface area contributed by atoms with Crippen molar-refractivity contribution >= 4 is 11.6 Å². The summed E-state index contributed by atoms with van der Waals surface area (Å²) in [7, 11) is 1.65. The predicted molar refractivity (Wildman–Crippen MR) is 70.5 cm³/mol. The molecule has 1 aromatic heterocycles. The molecule has 1 rings (SSSR count). The van der Waals surface area contributed by atoms with E-state index in [0.29, 0.717) is 32.2 Å². The smallest absolute Gasteiger partial charge is 0.225 e. The van der Waals surface area contributed by atoms with E-state index in [1.165, 1.54) is 0 Å². The lowest BCUT2D eigenvalue weighted by Gasteiger charge is -2.07. The molecule has 0 saturated heterocycles. The van der Waals surface area contributed by atoms with Crippen molar-refractivity contribution in [1.82, 2.24) is 15.1 Å². The number of hydrogen-bond donors (Lipinski definition) is 2. The largest absolute Gasteiger partial charge is 0.383 e. The highest BCUT2D eigenvalue weighted by atomic mass is 16.5. The van der Waals surface area contributed by atoms with Crippen LogP contribution in [0.5, 0.6) is 0 Å². The minimum absolute atomic E-state index is 0.00515. The Hall–Kier alpha value is -1.40. The van der Waals surface area contributed by atoms with Crippen molar-refractivity contribution in [3.05, 3.63) is 12.4 Å². The molecule has 102 valence electrons. The predicted octanol–water partition coefficient (Wildman–Crippen LogP) is 0.856. The van der Waals surface area contributed by atoms with E-state index in [1.54, 1.807) is 24.2 Å². The SMILES string of the molecule is COCCn1cc(NC(=O)CCNC(C)C)cn1. The maximum atomic E-state index is 11.6. The number of aromatic nitrogens is 2. The van der Waals surface area contributed by atoms with Gasteiger partial charge in [0.15, 0.2) is 0 Å². The first kappa shape index (κ1) is 14.7. The lowest BCUT2D eigenvalue weighted by atomic mass is 10.3. The summed E-state index contributed by atoms with van der Waals surface area (Å²) >= 11 is 0. The van der Waals surface area contributed by atoms with Crippen molar-refractivity contribution in [2.24, 2.45) is 0 Å². The standard InChI is InChI=1S/C12H22N4O2/c1-10(2)13-5-4-12(17)15-11-8-14-16(9-11)6-7-18-3/h8-10,13H,4-7H2,1-3H3,(H,15,17). The Balaban J connectivity index is 2.28. The van der Waals surface area contributed by atoms with Gasteiger partial charge in [-0.3, -0.25) is 9.48 Å². The summed E-state index contributed by atoms with van der Waals surface area (Å²) in [5.74, 6) is -0.00515. The van der Waals surface area contributed by atoms with E-state index in [2.05, 4.69) is 29.6 Å². The number of methoxy groups -OCH3 is 1. The number of ether oxygens (including phenoxy) is 1. The molecule has 0 aromatic carbocycles. The Labute approximate surface area is 108 Å². The lowest BCUT2D eigenvalue weighted by Crippen LogP contribution is -2.27. The van der Waals surface area contributed by atoms with E-state index in [9.17, 15) is 4.79 Å². The molecule has 18 heavy (non-hydrogen) atoms. The third kappa shape index (κ3) is 5.79. The number of hydrogen-bond acceptors (Lipinski definition) is 4. The zero-order valence-corrected chi connectivity index (χ0v) is 11.3. The van der Waals surface area contributed by atoms with Crippen LogP contribution in [0.1, 0.15) is 20.3 Å². The van der Waals surface area contributed by atoms with Crippen molar-refractivity contribution < 1.29 is 9.53 Å². The fourth-order valence-electron chi connectivity index (χ4n) is 1.43. The van der Waals surface area contributed by atoms with Crippen molar-refractivity contribution in [2.75, 3.05) is 25.6 Å². The van der Waals surface area contributed by atoms with Gasteiger partial charge in [0.2, 0.25) is 5.91 Å². The van der Waals surface area contributed by atoms with Gasteiger partial charge in [-0.25, -0.2) is 0 Å². The molecule has 0 fully saturated rings. The molecule has 0 bridgehead atoms. The van der Waals surface area contributed by atoms with Crippen molar-refractivity contribution in [3.63, 3.8) is 0 Å². The first-order valence-electron chi connectivity index (χ1n) is 6.16. The number of nitrogens with zero attached hydrogens (tertiary/aromatic N) is 2. The average Bonchev–Trinajstić information content (AvgIpc) is 2.73. The molecule has 1 aromatic rings. The van der Waals surface area contributed by atoms with Gasteiger partial charge >= 0.3 is 0 Å². The molecule has 0 aliphatic rings. The first-order chi connectivity index (χ1) is 8.61. The normalized spacial score (nSPS) is 10.9. The molecule has 0 atom stereocenters. The molecule has 0 unspecified atom stereocenters. The number of carbonyl (C=O) groups excluding carboxylic acids is 1. The number of amides is 1. The van der Waals surface area contributed by atoms with Gasteiger partial charge in [-0.15, -0.1) is 0 Å². The average molecular weight is 254 g/mol. The molecular formula is C12H22N4O2. The zero-order valence-electron chi connectivity index (χ0n) is 11.3. The summed E-state index contributed by atoms with van der Waals surface area (Å²) in [6.07, 6.45) is 3.90. The highest BCUT2D eigenvalue weighted by molar-refractivity contribution is 5.90. The minimum Gasteiger partial charge on any atom is -0.383 e. The van der Waals surface area contributed by atoms with Gasteiger partial charge < -0.3 is 15.4 Å². The molecule has 1 amide bonds. The molecule has 0 aliphatic carbocycles. The van der Waals surface area contributed by atoms with Crippen molar-refractivity contribution in [3.8, 4) is 0 Å². The number of nitrogens with one attached hydrogen (secondary N) is 2. The highest BCUT2D eigenvalue weighted by Crippen LogP contribution is 2.05. The molecule has 2 N–H and O–H groups in total. The highest BCUT2D eigenvalue weighted by Gasteiger charge is 2.04. The van der Waals surface area contributed by atoms with Crippen LogP contribution in [0.3, 0.4) is 0 Å². The van der Waals surface area contributed by atoms with Crippen LogP contribution in [-0.2, 0) is 16.1 Å². The van der Waals surface area contributed by atoms with Crippen LogP contribution in [0, 0.1) is 0 Å². The summed E-state index contributed by atoms with van der Waals surface area (Å²) in [4.78, 5) is 11.6. The monoisotopic (exact) mass is 254 g/mol. The molecule has 0 spiro atoms. The summed E-state index contributed by atoms with van der Waals surface area (Å²) in [6.45, 7) is 6.07. The van der Waals surface area contributed by atoms with Gasteiger partial charge in [-0.2, -0.15) is 5.10 Å². The zero-order chi connectivity index (χ0) is 13.4. The maximum absolute atomic E-state index is 11.6. The maximum Gasteiger partial charge on any atom is 0.225 e. The Morgan fingerprint density at radius 1 is 1.56 bits per heavy atom. The van der Waals surface area contributed by atoms with E-state index in [-0.39, 0.29) is 5.91 Å². The second-order valence-electron chi connectivity index (χ2n) is 4.39. The molecule has 0 saturated carbocycles. The Bertz CT molecular complexity index is 363. The minimum atomic E-state index is -0.00515. The van der Waals surface area contributed by atoms with Crippen LogP contribution in [0.2, 0.25) is 0 Å². The molecule has 0 radical (unpaired) electrons. The Kier molecular flexibility index (Phi) is 6.38. The summed E-state index contributed by atoms with van der Waals surface area (Å²) in [5, 5.41) is 10.1. The third-order valence-electron chi connectivity index (χ3n) is 2.35. The lowest BCUT2D eigenvalue weighted by molar-refractivity contribution is -0.116. The molecular weight excluding hydrogens is 232 g/mol. The quantitative estimate of drug-likeness (QED) is 0.722. The van der Waals surface area contributed by atoms with Gasteiger partial charge in [0.1, 0.15) is 0 Å². The van der Waals surface area contributed by atoms with Crippen molar-refractivity contribution in [2.45, 2.75) is 32.9 Å². The third-order valence-corrected chi connectivity index (χ3v) is 2.35. The second kappa shape index (κ2) is 7.84. The fraction of sp³-hybridized carbons (Fsp3) is 0.667. The Morgan fingerprint density at radius 2 is 2.33 bits per heavy atom.